The van der Waals surface area contributed by atoms with E-state index in [9.17, 15) is 4.79 Å². The Balaban J connectivity index is 0.000000596. The van der Waals surface area contributed by atoms with Crippen molar-refractivity contribution in [3.63, 3.8) is 0 Å². The summed E-state index contributed by atoms with van der Waals surface area (Å²) in [6.45, 7) is 5.91. The average molecular weight is 434 g/mol. The van der Waals surface area contributed by atoms with E-state index in [1.807, 2.05) is 13.0 Å². The first kappa shape index (κ1) is 21.5. The van der Waals surface area contributed by atoms with Gasteiger partial charge in [-0.25, -0.2) is 0 Å². The fourth-order valence-corrected chi connectivity index (χ4v) is 3.95. The molecule has 27 heavy (non-hydrogen) atoms. The standard InChI is InChI=1S/C19H20BrNO2.C3H8O/c1-13(19(22)23)9-15-10-16-7-8-21(18(16)17(20)11-15)12-14-5-3-2-4-6-14;1-2-3-4/h2-6,10-11,13H,7-9,12H2,1H3,(H,22,23);4H,2-3H2,1H3/t13-;/m1./s1. The maximum atomic E-state index is 11.1. The first-order valence-electron chi connectivity index (χ1n) is 9.40. The van der Waals surface area contributed by atoms with Gasteiger partial charge in [0, 0.05) is 24.2 Å². The fourth-order valence-electron chi connectivity index (χ4n) is 3.15. The summed E-state index contributed by atoms with van der Waals surface area (Å²) in [5.74, 6) is -1.10. The van der Waals surface area contributed by atoms with Crippen LogP contribution in [0.3, 0.4) is 0 Å². The van der Waals surface area contributed by atoms with Gasteiger partial charge in [0.15, 0.2) is 0 Å². The first-order chi connectivity index (χ1) is 13.0. The highest BCUT2D eigenvalue weighted by Crippen LogP contribution is 2.38. The Labute approximate surface area is 170 Å². The van der Waals surface area contributed by atoms with Gasteiger partial charge in [-0.2, -0.15) is 0 Å². The van der Waals surface area contributed by atoms with E-state index in [1.165, 1.54) is 16.8 Å². The van der Waals surface area contributed by atoms with Gasteiger partial charge in [-0.1, -0.05) is 50.2 Å². The normalized spacial score (nSPS) is 13.6. The molecule has 0 aliphatic carbocycles. The Hall–Kier alpha value is -1.85. The molecule has 2 aromatic rings. The molecule has 0 fully saturated rings. The smallest absolute Gasteiger partial charge is 0.306 e. The van der Waals surface area contributed by atoms with E-state index in [0.29, 0.717) is 13.0 Å². The number of carbonyl (C=O) groups is 1. The number of fused-ring (bicyclic) bond motifs is 1. The third-order valence-electron chi connectivity index (χ3n) is 4.57. The van der Waals surface area contributed by atoms with Crippen LogP contribution in [0.5, 0.6) is 0 Å². The summed E-state index contributed by atoms with van der Waals surface area (Å²) in [6.07, 6.45) is 2.45. The number of hydrogen-bond donors (Lipinski definition) is 2. The molecule has 2 aromatic carbocycles. The number of aliphatic carboxylic acids is 1. The second kappa shape index (κ2) is 10.5. The van der Waals surface area contributed by atoms with E-state index in [0.717, 1.165) is 36.0 Å². The van der Waals surface area contributed by atoms with Crippen molar-refractivity contribution in [3.05, 3.63) is 63.6 Å². The zero-order valence-electron chi connectivity index (χ0n) is 16.0. The molecule has 0 saturated carbocycles. The van der Waals surface area contributed by atoms with Crippen LogP contribution in [0.2, 0.25) is 0 Å². The Morgan fingerprint density at radius 1 is 1.22 bits per heavy atom. The minimum Gasteiger partial charge on any atom is -0.481 e. The van der Waals surface area contributed by atoms with E-state index in [2.05, 4.69) is 57.2 Å². The van der Waals surface area contributed by atoms with Gasteiger partial charge in [-0.05, 0) is 57.9 Å². The molecule has 0 saturated heterocycles. The van der Waals surface area contributed by atoms with Crippen LogP contribution in [-0.2, 0) is 24.2 Å². The molecule has 2 N–H and O–H groups in total. The number of halogens is 1. The maximum absolute atomic E-state index is 11.1. The summed E-state index contributed by atoms with van der Waals surface area (Å²) >= 11 is 3.69. The van der Waals surface area contributed by atoms with E-state index >= 15 is 0 Å². The molecule has 0 bridgehead atoms. The second-order valence-corrected chi connectivity index (χ2v) is 7.76. The average Bonchev–Trinajstić information content (AvgIpc) is 3.05. The summed E-state index contributed by atoms with van der Waals surface area (Å²) in [5, 5.41) is 17.0. The molecule has 0 spiro atoms. The van der Waals surface area contributed by atoms with Crippen LogP contribution < -0.4 is 4.90 Å². The van der Waals surface area contributed by atoms with Crippen molar-refractivity contribution >= 4 is 27.6 Å². The highest BCUT2D eigenvalue weighted by molar-refractivity contribution is 9.10. The third-order valence-corrected chi connectivity index (χ3v) is 5.18. The lowest BCUT2D eigenvalue weighted by Crippen LogP contribution is -2.20. The van der Waals surface area contributed by atoms with Gasteiger partial charge in [0.2, 0.25) is 0 Å². The van der Waals surface area contributed by atoms with E-state index in [4.69, 9.17) is 10.2 Å². The van der Waals surface area contributed by atoms with Crippen LogP contribution in [0.4, 0.5) is 5.69 Å². The second-order valence-electron chi connectivity index (χ2n) is 6.91. The summed E-state index contributed by atoms with van der Waals surface area (Å²) in [6, 6.07) is 14.7. The molecule has 5 heteroatoms. The molecular formula is C22H28BrNO3. The minimum atomic E-state index is -0.743. The van der Waals surface area contributed by atoms with Crippen LogP contribution in [0.1, 0.15) is 37.0 Å². The molecule has 1 atom stereocenters. The highest BCUT2D eigenvalue weighted by atomic mass is 79.9. The molecule has 1 aliphatic rings. The van der Waals surface area contributed by atoms with E-state index < -0.39 is 5.97 Å². The number of carboxylic acids is 1. The van der Waals surface area contributed by atoms with Gasteiger partial charge < -0.3 is 15.1 Å². The van der Waals surface area contributed by atoms with Crippen LogP contribution in [0.25, 0.3) is 0 Å². The number of aliphatic hydroxyl groups is 1. The number of carboxylic acid groups (broad SMARTS) is 1. The monoisotopic (exact) mass is 433 g/mol. The van der Waals surface area contributed by atoms with Crippen LogP contribution >= 0.6 is 15.9 Å². The van der Waals surface area contributed by atoms with Crippen molar-refractivity contribution in [2.75, 3.05) is 18.1 Å². The minimum absolute atomic E-state index is 0.319. The molecule has 146 valence electrons. The molecule has 0 radical (unpaired) electrons. The topological polar surface area (TPSA) is 60.8 Å². The van der Waals surface area contributed by atoms with Crippen LogP contribution in [-0.4, -0.2) is 29.3 Å². The SMILES string of the molecule is CCCO.C[C@H](Cc1cc(Br)c2c(c1)CCN2Cc1ccccc1)C(=O)O. The number of aliphatic hydroxyl groups excluding tert-OH is 1. The molecule has 1 heterocycles. The van der Waals surface area contributed by atoms with Crippen LogP contribution in [0.15, 0.2) is 46.9 Å². The summed E-state index contributed by atoms with van der Waals surface area (Å²) < 4.78 is 1.07. The predicted octanol–water partition coefficient (Wildman–Crippen LogP) is 4.66. The third kappa shape index (κ3) is 6.08. The Morgan fingerprint density at radius 3 is 2.48 bits per heavy atom. The molecule has 0 amide bonds. The predicted molar refractivity (Wildman–Crippen MR) is 113 cm³/mol. The quantitative estimate of drug-likeness (QED) is 0.694. The van der Waals surface area contributed by atoms with Gasteiger partial charge >= 0.3 is 5.97 Å². The number of benzene rings is 2. The van der Waals surface area contributed by atoms with Crippen molar-refractivity contribution in [1.82, 2.24) is 0 Å². The number of rotatable bonds is 6. The van der Waals surface area contributed by atoms with E-state index in [1.54, 1.807) is 6.92 Å². The summed E-state index contributed by atoms with van der Waals surface area (Å²) in [5.41, 5.74) is 4.95. The molecule has 4 nitrogen and oxygen atoms in total. The number of hydrogen-bond acceptors (Lipinski definition) is 3. The van der Waals surface area contributed by atoms with Crippen molar-refractivity contribution < 1.29 is 15.0 Å². The van der Waals surface area contributed by atoms with E-state index in [-0.39, 0.29) is 5.92 Å². The molecular weight excluding hydrogens is 406 g/mol. The Kier molecular flexibility index (Phi) is 8.32. The van der Waals surface area contributed by atoms with Crippen molar-refractivity contribution in [1.29, 1.82) is 0 Å². The van der Waals surface area contributed by atoms with Crippen molar-refractivity contribution in [2.45, 2.75) is 39.7 Å². The molecule has 0 unspecified atom stereocenters. The number of nitrogens with zero attached hydrogens (tertiary/aromatic N) is 1. The maximum Gasteiger partial charge on any atom is 0.306 e. The fraction of sp³-hybridized carbons (Fsp3) is 0.409. The van der Waals surface area contributed by atoms with Crippen molar-refractivity contribution in [3.8, 4) is 0 Å². The van der Waals surface area contributed by atoms with Crippen molar-refractivity contribution in [2.24, 2.45) is 5.92 Å². The zero-order valence-corrected chi connectivity index (χ0v) is 17.6. The molecule has 3 rings (SSSR count). The van der Waals surface area contributed by atoms with Gasteiger partial charge in [0.25, 0.3) is 0 Å². The highest BCUT2D eigenvalue weighted by Gasteiger charge is 2.23. The van der Waals surface area contributed by atoms with Gasteiger partial charge in [-0.3, -0.25) is 4.79 Å². The molecule has 0 aromatic heterocycles. The van der Waals surface area contributed by atoms with Gasteiger partial charge in [0.1, 0.15) is 0 Å². The molecule has 1 aliphatic heterocycles. The lowest BCUT2D eigenvalue weighted by atomic mass is 9.99. The zero-order chi connectivity index (χ0) is 19.8. The first-order valence-corrected chi connectivity index (χ1v) is 10.2. The largest absolute Gasteiger partial charge is 0.481 e. The van der Waals surface area contributed by atoms with Gasteiger partial charge in [0.05, 0.1) is 11.6 Å². The summed E-state index contributed by atoms with van der Waals surface area (Å²) in [7, 11) is 0. The van der Waals surface area contributed by atoms with Gasteiger partial charge in [-0.15, -0.1) is 0 Å². The lowest BCUT2D eigenvalue weighted by molar-refractivity contribution is -0.141. The summed E-state index contributed by atoms with van der Waals surface area (Å²) in [4.78, 5) is 13.4. The van der Waals surface area contributed by atoms with Crippen LogP contribution in [0, 0.1) is 5.92 Å². The Bertz CT molecular complexity index is 747. The Morgan fingerprint density at radius 2 is 1.89 bits per heavy atom. The number of anilines is 1. The lowest BCUT2D eigenvalue weighted by Gasteiger charge is -2.21.